The summed E-state index contributed by atoms with van der Waals surface area (Å²) in [6.07, 6.45) is 0. The molecule has 0 aliphatic carbocycles. The van der Waals surface area contributed by atoms with Crippen LogP contribution in [0.3, 0.4) is 0 Å². The van der Waals surface area contributed by atoms with Gasteiger partial charge in [-0.2, -0.15) is 0 Å². The second kappa shape index (κ2) is 8.28. The van der Waals surface area contributed by atoms with Crippen molar-refractivity contribution in [2.75, 3.05) is 20.8 Å². The van der Waals surface area contributed by atoms with Crippen LogP contribution >= 0.6 is 0 Å². The van der Waals surface area contributed by atoms with Gasteiger partial charge in [0.05, 0.1) is 24.2 Å². The van der Waals surface area contributed by atoms with Crippen LogP contribution in [-0.2, 0) is 14.8 Å². The number of sulfonamides is 1. The van der Waals surface area contributed by atoms with Gasteiger partial charge in [-0.3, -0.25) is 4.79 Å². The lowest BCUT2D eigenvalue weighted by Crippen LogP contribution is -2.36. The lowest BCUT2D eigenvalue weighted by Gasteiger charge is -2.15. The summed E-state index contributed by atoms with van der Waals surface area (Å²) in [5.41, 5.74) is 0.170. The molecule has 0 saturated heterocycles. The standard InChI is InChI=1S/C15H24N2O5S/c1-10(2)16-15(18)13-8-12(6-7-14(13)22-5)23(19,20)17-11(3)9-21-4/h6-8,10-11,17H,9H2,1-5H3,(H,16,18)/t11-/m1/s1. The number of ether oxygens (including phenoxy) is 2. The van der Waals surface area contributed by atoms with Crippen LogP contribution in [0, 0.1) is 0 Å². The maximum Gasteiger partial charge on any atom is 0.255 e. The molecule has 23 heavy (non-hydrogen) atoms. The molecule has 1 rings (SSSR count). The summed E-state index contributed by atoms with van der Waals surface area (Å²) in [4.78, 5) is 12.2. The summed E-state index contributed by atoms with van der Waals surface area (Å²) in [5.74, 6) is -0.0779. The Hall–Kier alpha value is -1.64. The van der Waals surface area contributed by atoms with Crippen LogP contribution in [0.1, 0.15) is 31.1 Å². The molecule has 1 aromatic carbocycles. The lowest BCUT2D eigenvalue weighted by molar-refractivity contribution is 0.0940. The lowest BCUT2D eigenvalue weighted by atomic mass is 10.2. The molecule has 130 valence electrons. The Balaban J connectivity index is 3.16. The third-order valence-electron chi connectivity index (χ3n) is 2.92. The van der Waals surface area contributed by atoms with E-state index in [0.29, 0.717) is 5.75 Å². The summed E-state index contributed by atoms with van der Waals surface area (Å²) in [5, 5.41) is 2.72. The number of hydrogen-bond donors (Lipinski definition) is 2. The first-order valence-corrected chi connectivity index (χ1v) is 8.69. The van der Waals surface area contributed by atoms with Crippen molar-refractivity contribution in [3.63, 3.8) is 0 Å². The highest BCUT2D eigenvalue weighted by Gasteiger charge is 2.21. The number of carbonyl (C=O) groups excluding carboxylic acids is 1. The van der Waals surface area contributed by atoms with Gasteiger partial charge in [0.2, 0.25) is 10.0 Å². The molecule has 0 aromatic heterocycles. The Kier molecular flexibility index (Phi) is 6.99. The summed E-state index contributed by atoms with van der Waals surface area (Å²) in [6.45, 7) is 5.57. The van der Waals surface area contributed by atoms with Crippen molar-refractivity contribution >= 4 is 15.9 Å². The van der Waals surface area contributed by atoms with Crippen LogP contribution in [-0.4, -0.2) is 47.2 Å². The van der Waals surface area contributed by atoms with Gasteiger partial charge in [0.15, 0.2) is 0 Å². The van der Waals surface area contributed by atoms with E-state index in [-0.39, 0.29) is 35.1 Å². The fraction of sp³-hybridized carbons (Fsp3) is 0.533. The maximum absolute atomic E-state index is 12.4. The highest BCUT2D eigenvalue weighted by molar-refractivity contribution is 7.89. The van der Waals surface area contributed by atoms with Gasteiger partial charge < -0.3 is 14.8 Å². The molecule has 1 atom stereocenters. The minimum absolute atomic E-state index is 0.00448. The third-order valence-corrected chi connectivity index (χ3v) is 4.51. The molecule has 0 radical (unpaired) electrons. The van der Waals surface area contributed by atoms with E-state index in [4.69, 9.17) is 9.47 Å². The fourth-order valence-corrected chi connectivity index (χ4v) is 3.24. The highest BCUT2D eigenvalue weighted by atomic mass is 32.2. The molecule has 1 aromatic rings. The van der Waals surface area contributed by atoms with Crippen molar-refractivity contribution < 1.29 is 22.7 Å². The zero-order chi connectivity index (χ0) is 17.6. The Labute approximate surface area is 137 Å². The van der Waals surface area contributed by atoms with E-state index in [2.05, 4.69) is 10.0 Å². The molecular weight excluding hydrogens is 320 g/mol. The third kappa shape index (κ3) is 5.49. The first kappa shape index (κ1) is 19.4. The Morgan fingerprint density at radius 3 is 2.39 bits per heavy atom. The van der Waals surface area contributed by atoms with Crippen LogP contribution in [0.25, 0.3) is 0 Å². The molecule has 2 N–H and O–H groups in total. The molecular formula is C15H24N2O5S. The molecule has 8 heteroatoms. The molecule has 0 aliphatic heterocycles. The maximum atomic E-state index is 12.4. The van der Waals surface area contributed by atoms with Crippen molar-refractivity contribution in [3.8, 4) is 5.75 Å². The van der Waals surface area contributed by atoms with Gasteiger partial charge in [-0.1, -0.05) is 0 Å². The van der Waals surface area contributed by atoms with Gasteiger partial charge >= 0.3 is 0 Å². The number of benzene rings is 1. The van der Waals surface area contributed by atoms with Gasteiger partial charge in [-0.15, -0.1) is 0 Å². The average molecular weight is 344 g/mol. The second-order valence-corrected chi connectivity index (χ2v) is 7.18. The van der Waals surface area contributed by atoms with Crippen LogP contribution in [0.2, 0.25) is 0 Å². The SMILES string of the molecule is COC[C@@H](C)NS(=O)(=O)c1ccc(OC)c(C(=O)NC(C)C)c1. The number of carbonyl (C=O) groups is 1. The molecule has 1 amide bonds. The minimum Gasteiger partial charge on any atom is -0.496 e. The van der Waals surface area contributed by atoms with E-state index < -0.39 is 10.0 Å². The van der Waals surface area contributed by atoms with Crippen molar-refractivity contribution in [1.82, 2.24) is 10.0 Å². The zero-order valence-electron chi connectivity index (χ0n) is 14.0. The number of rotatable bonds is 8. The number of nitrogens with one attached hydrogen (secondary N) is 2. The van der Waals surface area contributed by atoms with Gasteiger partial charge in [-0.05, 0) is 39.0 Å². The van der Waals surface area contributed by atoms with E-state index in [1.807, 2.05) is 13.8 Å². The molecule has 0 aliphatic rings. The molecule has 0 heterocycles. The minimum atomic E-state index is -3.76. The molecule has 0 unspecified atom stereocenters. The summed E-state index contributed by atoms with van der Waals surface area (Å²) >= 11 is 0. The topological polar surface area (TPSA) is 93.7 Å². The molecule has 7 nitrogen and oxygen atoms in total. The summed E-state index contributed by atoms with van der Waals surface area (Å²) in [6, 6.07) is 3.70. The summed E-state index contributed by atoms with van der Waals surface area (Å²) < 4.78 is 37.3. The van der Waals surface area contributed by atoms with Crippen molar-refractivity contribution in [2.24, 2.45) is 0 Å². The van der Waals surface area contributed by atoms with Crippen LogP contribution in [0.15, 0.2) is 23.1 Å². The van der Waals surface area contributed by atoms with E-state index in [1.54, 1.807) is 6.92 Å². The van der Waals surface area contributed by atoms with E-state index >= 15 is 0 Å². The molecule has 0 fully saturated rings. The predicted octanol–water partition coefficient (Wildman–Crippen LogP) is 1.15. The number of methoxy groups -OCH3 is 2. The van der Waals surface area contributed by atoms with E-state index in [9.17, 15) is 13.2 Å². The van der Waals surface area contributed by atoms with Crippen molar-refractivity contribution in [2.45, 2.75) is 37.8 Å². The number of hydrogen-bond acceptors (Lipinski definition) is 5. The Morgan fingerprint density at radius 2 is 1.87 bits per heavy atom. The van der Waals surface area contributed by atoms with Crippen LogP contribution in [0.5, 0.6) is 5.75 Å². The van der Waals surface area contributed by atoms with Gasteiger partial charge in [0, 0.05) is 19.2 Å². The largest absolute Gasteiger partial charge is 0.496 e. The Morgan fingerprint density at radius 1 is 1.22 bits per heavy atom. The van der Waals surface area contributed by atoms with Crippen molar-refractivity contribution in [1.29, 1.82) is 0 Å². The highest BCUT2D eigenvalue weighted by Crippen LogP contribution is 2.22. The van der Waals surface area contributed by atoms with Crippen LogP contribution in [0.4, 0.5) is 0 Å². The molecule has 0 saturated carbocycles. The quantitative estimate of drug-likeness (QED) is 0.738. The normalized spacial score (nSPS) is 13.0. The van der Waals surface area contributed by atoms with Gasteiger partial charge in [0.25, 0.3) is 5.91 Å². The predicted molar refractivity (Wildman–Crippen MR) is 87.3 cm³/mol. The number of amides is 1. The van der Waals surface area contributed by atoms with E-state index in [1.165, 1.54) is 32.4 Å². The Bertz CT molecular complexity index is 643. The monoisotopic (exact) mass is 344 g/mol. The van der Waals surface area contributed by atoms with Gasteiger partial charge in [0.1, 0.15) is 5.75 Å². The molecule has 0 spiro atoms. The molecule has 0 bridgehead atoms. The van der Waals surface area contributed by atoms with E-state index in [0.717, 1.165) is 0 Å². The van der Waals surface area contributed by atoms with Crippen molar-refractivity contribution in [3.05, 3.63) is 23.8 Å². The average Bonchev–Trinajstić information content (AvgIpc) is 2.45. The fourth-order valence-electron chi connectivity index (χ4n) is 1.99. The first-order chi connectivity index (χ1) is 10.7. The van der Waals surface area contributed by atoms with Crippen LogP contribution < -0.4 is 14.8 Å². The summed E-state index contributed by atoms with van der Waals surface area (Å²) in [7, 11) is -0.839. The zero-order valence-corrected chi connectivity index (χ0v) is 14.9. The smallest absolute Gasteiger partial charge is 0.255 e. The second-order valence-electron chi connectivity index (χ2n) is 5.47. The van der Waals surface area contributed by atoms with Gasteiger partial charge in [-0.25, -0.2) is 13.1 Å². The first-order valence-electron chi connectivity index (χ1n) is 7.21.